The average molecular weight is 806 g/mol. The molecule has 0 heterocycles. The van der Waals surface area contributed by atoms with Gasteiger partial charge in [0, 0.05) is 23.0 Å². The Morgan fingerprint density at radius 2 is 0.587 bits per heavy atom. The van der Waals surface area contributed by atoms with Crippen LogP contribution in [0.25, 0.3) is 55.6 Å². The molecule has 1 heteroatoms. The highest BCUT2D eigenvalue weighted by Gasteiger charge is 2.17. The van der Waals surface area contributed by atoms with Gasteiger partial charge >= 0.3 is 0 Å². The van der Waals surface area contributed by atoms with E-state index in [1.807, 2.05) is 0 Å². The van der Waals surface area contributed by atoms with Gasteiger partial charge in [-0.2, -0.15) is 0 Å². The van der Waals surface area contributed by atoms with E-state index in [4.69, 9.17) is 0 Å². The molecule has 0 fully saturated rings. The van der Waals surface area contributed by atoms with Crippen LogP contribution in [-0.2, 0) is 6.42 Å². The first kappa shape index (κ1) is 39.2. The van der Waals surface area contributed by atoms with Crippen LogP contribution in [-0.4, -0.2) is 0 Å². The van der Waals surface area contributed by atoms with Crippen molar-refractivity contribution in [2.24, 2.45) is 0 Å². The average Bonchev–Trinajstić information content (AvgIpc) is 3.37. The SMILES string of the molecule is c1ccc(-c2cccc(C(Cc3ccc(-c4cccc(-c5cccc(-c6ccc(N(c7ccccc7)c7cccc(-c8ccccc8)c7)cc6)c5)c4)cc3)c3ccccc3)c2)cc1. The summed E-state index contributed by atoms with van der Waals surface area (Å²) >= 11 is 0. The fourth-order valence-electron chi connectivity index (χ4n) is 8.79. The number of anilines is 3. The highest BCUT2D eigenvalue weighted by atomic mass is 15.1. The van der Waals surface area contributed by atoms with Crippen molar-refractivity contribution >= 4 is 17.1 Å². The smallest absolute Gasteiger partial charge is 0.0467 e. The van der Waals surface area contributed by atoms with E-state index in [0.717, 1.165) is 23.5 Å². The molecule has 0 radical (unpaired) electrons. The van der Waals surface area contributed by atoms with Crippen LogP contribution in [0, 0.1) is 0 Å². The maximum atomic E-state index is 2.36. The van der Waals surface area contributed by atoms with E-state index in [-0.39, 0.29) is 5.92 Å². The minimum atomic E-state index is 0.243. The van der Waals surface area contributed by atoms with Crippen molar-refractivity contribution < 1.29 is 0 Å². The molecule has 1 unspecified atom stereocenters. The third kappa shape index (κ3) is 8.91. The van der Waals surface area contributed by atoms with E-state index in [0.29, 0.717) is 0 Å². The Morgan fingerprint density at radius 3 is 1.14 bits per heavy atom. The summed E-state index contributed by atoms with van der Waals surface area (Å²) in [7, 11) is 0. The highest BCUT2D eigenvalue weighted by molar-refractivity contribution is 5.82. The van der Waals surface area contributed by atoms with Crippen LogP contribution in [0.5, 0.6) is 0 Å². The van der Waals surface area contributed by atoms with Crippen molar-refractivity contribution in [2.75, 3.05) is 4.90 Å². The summed E-state index contributed by atoms with van der Waals surface area (Å²) in [5.74, 6) is 0.243. The molecule has 0 aliphatic rings. The number of benzene rings is 10. The van der Waals surface area contributed by atoms with Gasteiger partial charge in [0.2, 0.25) is 0 Å². The van der Waals surface area contributed by atoms with E-state index in [1.54, 1.807) is 0 Å². The van der Waals surface area contributed by atoms with Crippen LogP contribution in [0.2, 0.25) is 0 Å². The van der Waals surface area contributed by atoms with E-state index < -0.39 is 0 Å². The molecule has 1 nitrogen and oxygen atoms in total. The van der Waals surface area contributed by atoms with Gasteiger partial charge in [-0.05, 0) is 127 Å². The Morgan fingerprint density at radius 1 is 0.238 bits per heavy atom. The minimum Gasteiger partial charge on any atom is -0.310 e. The topological polar surface area (TPSA) is 3.24 Å². The number of hydrogen-bond acceptors (Lipinski definition) is 1. The molecule has 0 amide bonds. The summed E-state index contributed by atoms with van der Waals surface area (Å²) in [5, 5.41) is 0. The number of hydrogen-bond donors (Lipinski definition) is 0. The Balaban J connectivity index is 0.888. The molecule has 63 heavy (non-hydrogen) atoms. The second-order valence-corrected chi connectivity index (χ2v) is 16.2. The Bertz CT molecular complexity index is 3050. The zero-order chi connectivity index (χ0) is 42.2. The van der Waals surface area contributed by atoms with Crippen molar-refractivity contribution in [3.8, 4) is 55.6 Å². The zero-order valence-corrected chi connectivity index (χ0v) is 35.1. The van der Waals surface area contributed by atoms with Crippen molar-refractivity contribution in [3.63, 3.8) is 0 Å². The summed E-state index contributed by atoms with van der Waals surface area (Å²) in [6, 6.07) is 96.6. The summed E-state index contributed by atoms with van der Waals surface area (Å²) in [5.41, 5.74) is 19.4. The van der Waals surface area contributed by atoms with Gasteiger partial charge in [0.25, 0.3) is 0 Å². The Hall–Kier alpha value is -8.00. The molecule has 0 saturated carbocycles. The molecule has 0 spiro atoms. The predicted molar refractivity (Wildman–Crippen MR) is 267 cm³/mol. The van der Waals surface area contributed by atoms with Crippen molar-refractivity contribution in [1.82, 2.24) is 0 Å². The lowest BCUT2D eigenvalue weighted by Gasteiger charge is -2.26. The molecule has 0 bridgehead atoms. The number of nitrogens with zero attached hydrogens (tertiary/aromatic N) is 1. The number of rotatable bonds is 12. The quantitative estimate of drug-likeness (QED) is 0.119. The largest absolute Gasteiger partial charge is 0.310 e. The lowest BCUT2D eigenvalue weighted by molar-refractivity contribution is 0.805. The maximum absolute atomic E-state index is 2.36. The van der Waals surface area contributed by atoms with Crippen molar-refractivity contribution in [3.05, 3.63) is 284 Å². The number of para-hydroxylation sites is 1. The normalized spacial score (nSPS) is 11.5. The van der Waals surface area contributed by atoms with Crippen LogP contribution in [0.4, 0.5) is 17.1 Å². The molecule has 0 aromatic heterocycles. The summed E-state index contributed by atoms with van der Waals surface area (Å²) in [4.78, 5) is 2.33. The van der Waals surface area contributed by atoms with Crippen molar-refractivity contribution in [1.29, 1.82) is 0 Å². The fraction of sp³-hybridized carbons (Fsp3) is 0.0323. The maximum Gasteiger partial charge on any atom is 0.0467 e. The van der Waals surface area contributed by atoms with Crippen LogP contribution in [0.1, 0.15) is 22.6 Å². The predicted octanol–water partition coefficient (Wildman–Crippen LogP) is 16.9. The lowest BCUT2D eigenvalue weighted by atomic mass is 9.84. The third-order valence-corrected chi connectivity index (χ3v) is 12.1. The van der Waals surface area contributed by atoms with E-state index >= 15 is 0 Å². The Kier molecular flexibility index (Phi) is 11.4. The standard InChI is InChI=1S/C62H47N/c1-5-17-47(18-6-1)54-25-15-29-58(44-54)62(51-21-9-3-10-22-51)41-46-33-35-49(36-34-46)52-23-13-26-55(42-52)56-27-14-24-53(43-56)50-37-39-60(40-38-50)63(59-30-11-4-12-31-59)61-32-16-28-57(45-61)48-19-7-2-8-20-48/h1-40,42-45,62H,41H2. The van der Waals surface area contributed by atoms with E-state index in [9.17, 15) is 0 Å². The van der Waals surface area contributed by atoms with Gasteiger partial charge in [0.1, 0.15) is 0 Å². The molecular formula is C62H47N. The zero-order valence-electron chi connectivity index (χ0n) is 35.1. The first-order chi connectivity index (χ1) is 31.2. The molecule has 0 aliphatic heterocycles. The lowest BCUT2D eigenvalue weighted by Crippen LogP contribution is -2.09. The molecule has 300 valence electrons. The minimum absolute atomic E-state index is 0.243. The van der Waals surface area contributed by atoms with Gasteiger partial charge < -0.3 is 4.90 Å². The third-order valence-electron chi connectivity index (χ3n) is 12.1. The van der Waals surface area contributed by atoms with Gasteiger partial charge in [-0.15, -0.1) is 0 Å². The summed E-state index contributed by atoms with van der Waals surface area (Å²) in [6.45, 7) is 0. The highest BCUT2D eigenvalue weighted by Crippen LogP contribution is 2.38. The van der Waals surface area contributed by atoms with Gasteiger partial charge in [0.05, 0.1) is 0 Å². The van der Waals surface area contributed by atoms with Crippen LogP contribution in [0.15, 0.2) is 267 Å². The first-order valence-electron chi connectivity index (χ1n) is 21.8. The van der Waals surface area contributed by atoms with Gasteiger partial charge in [-0.1, -0.05) is 218 Å². The molecule has 0 aliphatic carbocycles. The first-order valence-corrected chi connectivity index (χ1v) is 21.8. The molecule has 0 saturated heterocycles. The molecule has 10 aromatic carbocycles. The van der Waals surface area contributed by atoms with Crippen LogP contribution < -0.4 is 4.90 Å². The Labute approximate surface area is 371 Å². The van der Waals surface area contributed by atoms with E-state index in [2.05, 4.69) is 272 Å². The summed E-state index contributed by atoms with van der Waals surface area (Å²) in [6.07, 6.45) is 0.919. The monoisotopic (exact) mass is 805 g/mol. The molecule has 10 aromatic rings. The van der Waals surface area contributed by atoms with Gasteiger partial charge in [0.15, 0.2) is 0 Å². The molecule has 0 N–H and O–H groups in total. The fourth-order valence-corrected chi connectivity index (χ4v) is 8.79. The van der Waals surface area contributed by atoms with Gasteiger partial charge in [-0.3, -0.25) is 0 Å². The van der Waals surface area contributed by atoms with Crippen molar-refractivity contribution in [2.45, 2.75) is 12.3 Å². The molecule has 1 atom stereocenters. The second kappa shape index (κ2) is 18.3. The van der Waals surface area contributed by atoms with Crippen LogP contribution >= 0.6 is 0 Å². The molecule has 10 rings (SSSR count). The molecular weight excluding hydrogens is 759 g/mol. The second-order valence-electron chi connectivity index (χ2n) is 16.2. The van der Waals surface area contributed by atoms with E-state index in [1.165, 1.54) is 72.3 Å². The summed E-state index contributed by atoms with van der Waals surface area (Å²) < 4.78 is 0. The van der Waals surface area contributed by atoms with Gasteiger partial charge in [-0.25, -0.2) is 0 Å². The van der Waals surface area contributed by atoms with Crippen LogP contribution in [0.3, 0.4) is 0 Å².